The molecule has 2 saturated heterocycles. The van der Waals surface area contributed by atoms with Gasteiger partial charge < -0.3 is 14.9 Å². The van der Waals surface area contributed by atoms with Crippen LogP contribution in [0.2, 0.25) is 0 Å². The second-order valence-corrected chi connectivity index (χ2v) is 7.12. The summed E-state index contributed by atoms with van der Waals surface area (Å²) in [5, 5.41) is 10.4. The standard InChI is InChI=1S/C15H29N3O2/c1-5-16-6-8-17(9-7-16)10-13(19)18-11-14(2,3)15(4,20)12-18/h20H,5-12H2,1-4H3/t15-/m0/s1. The number of nitrogens with zero attached hydrogens (tertiary/aromatic N) is 3. The first kappa shape index (κ1) is 15.7. The van der Waals surface area contributed by atoms with Crippen LogP contribution in [0.1, 0.15) is 27.7 Å². The summed E-state index contributed by atoms with van der Waals surface area (Å²) in [7, 11) is 0. The van der Waals surface area contributed by atoms with Crippen LogP contribution in [0.5, 0.6) is 0 Å². The van der Waals surface area contributed by atoms with Gasteiger partial charge in [-0.05, 0) is 13.5 Å². The summed E-state index contributed by atoms with van der Waals surface area (Å²) in [6.07, 6.45) is 0. The number of hydrogen-bond acceptors (Lipinski definition) is 4. The Morgan fingerprint density at radius 1 is 1.05 bits per heavy atom. The number of β-amino-alcohol motifs (C(OH)–C–C–N with tert-alkyl or cyclic N) is 1. The van der Waals surface area contributed by atoms with E-state index >= 15 is 0 Å². The number of aliphatic hydroxyl groups is 1. The minimum absolute atomic E-state index is 0.154. The Kier molecular flexibility index (Phi) is 4.42. The van der Waals surface area contributed by atoms with E-state index < -0.39 is 5.60 Å². The number of carbonyl (C=O) groups excluding carboxylic acids is 1. The van der Waals surface area contributed by atoms with Crippen molar-refractivity contribution in [1.29, 1.82) is 0 Å². The summed E-state index contributed by atoms with van der Waals surface area (Å²) >= 11 is 0. The molecule has 0 aromatic carbocycles. The molecule has 2 aliphatic rings. The Morgan fingerprint density at radius 3 is 2.05 bits per heavy atom. The van der Waals surface area contributed by atoms with E-state index in [0.29, 0.717) is 19.6 Å². The molecule has 20 heavy (non-hydrogen) atoms. The van der Waals surface area contributed by atoms with Crippen LogP contribution >= 0.6 is 0 Å². The van der Waals surface area contributed by atoms with Gasteiger partial charge in [-0.1, -0.05) is 20.8 Å². The van der Waals surface area contributed by atoms with Crippen molar-refractivity contribution in [3.05, 3.63) is 0 Å². The first-order valence-corrected chi connectivity index (χ1v) is 7.70. The molecule has 0 spiro atoms. The fraction of sp³-hybridized carbons (Fsp3) is 0.933. The van der Waals surface area contributed by atoms with E-state index in [9.17, 15) is 9.90 Å². The number of hydrogen-bond donors (Lipinski definition) is 1. The van der Waals surface area contributed by atoms with Gasteiger partial charge in [0.25, 0.3) is 0 Å². The molecule has 5 heteroatoms. The van der Waals surface area contributed by atoms with Gasteiger partial charge in [0.1, 0.15) is 0 Å². The van der Waals surface area contributed by atoms with Crippen molar-refractivity contribution in [1.82, 2.24) is 14.7 Å². The van der Waals surface area contributed by atoms with Crippen molar-refractivity contribution >= 4 is 5.91 Å². The van der Waals surface area contributed by atoms with Crippen molar-refractivity contribution in [2.45, 2.75) is 33.3 Å². The van der Waals surface area contributed by atoms with Crippen LogP contribution in [0.4, 0.5) is 0 Å². The van der Waals surface area contributed by atoms with Gasteiger partial charge in [-0.2, -0.15) is 0 Å². The number of likely N-dealkylation sites (N-methyl/N-ethyl adjacent to an activating group) is 1. The summed E-state index contributed by atoms with van der Waals surface area (Å²) in [6, 6.07) is 0. The molecule has 0 aliphatic carbocycles. The number of carbonyl (C=O) groups is 1. The lowest BCUT2D eigenvalue weighted by molar-refractivity contribution is -0.132. The molecular formula is C15H29N3O2. The normalized spacial score (nSPS) is 31.8. The maximum absolute atomic E-state index is 12.4. The van der Waals surface area contributed by atoms with E-state index in [-0.39, 0.29) is 11.3 Å². The highest BCUT2D eigenvalue weighted by atomic mass is 16.3. The molecule has 2 rings (SSSR count). The van der Waals surface area contributed by atoms with E-state index in [0.717, 1.165) is 32.7 Å². The fourth-order valence-corrected chi connectivity index (χ4v) is 3.02. The number of amides is 1. The van der Waals surface area contributed by atoms with Crippen LogP contribution in [-0.4, -0.2) is 83.7 Å². The quantitative estimate of drug-likeness (QED) is 0.806. The molecule has 1 atom stereocenters. The molecular weight excluding hydrogens is 254 g/mol. The van der Waals surface area contributed by atoms with E-state index in [2.05, 4.69) is 16.7 Å². The zero-order chi connectivity index (χ0) is 15.0. The van der Waals surface area contributed by atoms with Gasteiger partial charge in [-0.3, -0.25) is 9.69 Å². The average molecular weight is 283 g/mol. The average Bonchev–Trinajstić information content (AvgIpc) is 2.59. The minimum atomic E-state index is -0.788. The molecule has 1 amide bonds. The second kappa shape index (κ2) is 5.62. The highest BCUT2D eigenvalue weighted by Crippen LogP contribution is 2.38. The van der Waals surface area contributed by atoms with Crippen molar-refractivity contribution in [3.63, 3.8) is 0 Å². The minimum Gasteiger partial charge on any atom is -0.388 e. The predicted molar refractivity (Wildman–Crippen MR) is 79.5 cm³/mol. The van der Waals surface area contributed by atoms with Crippen molar-refractivity contribution in [2.75, 3.05) is 52.4 Å². The zero-order valence-corrected chi connectivity index (χ0v) is 13.4. The highest BCUT2D eigenvalue weighted by molar-refractivity contribution is 5.79. The maximum atomic E-state index is 12.4. The Morgan fingerprint density at radius 2 is 1.60 bits per heavy atom. The molecule has 0 unspecified atom stereocenters. The molecule has 2 fully saturated rings. The van der Waals surface area contributed by atoms with E-state index in [4.69, 9.17) is 0 Å². The Labute approximate surface area is 122 Å². The van der Waals surface area contributed by atoms with Crippen molar-refractivity contribution in [3.8, 4) is 0 Å². The molecule has 0 bridgehead atoms. The molecule has 116 valence electrons. The molecule has 1 N–H and O–H groups in total. The predicted octanol–water partition coefficient (Wildman–Crippen LogP) is 0.243. The van der Waals surface area contributed by atoms with Crippen molar-refractivity contribution < 1.29 is 9.90 Å². The Hall–Kier alpha value is -0.650. The van der Waals surface area contributed by atoms with Gasteiger partial charge in [0.05, 0.1) is 12.1 Å². The second-order valence-electron chi connectivity index (χ2n) is 7.12. The Bertz CT molecular complexity index is 344. The van der Waals surface area contributed by atoms with E-state index in [1.165, 1.54) is 0 Å². The lowest BCUT2D eigenvalue weighted by atomic mass is 9.79. The van der Waals surface area contributed by atoms with Gasteiger partial charge in [-0.15, -0.1) is 0 Å². The van der Waals surface area contributed by atoms with Crippen LogP contribution in [0.15, 0.2) is 0 Å². The number of rotatable bonds is 3. The van der Waals surface area contributed by atoms with Crippen LogP contribution < -0.4 is 0 Å². The molecule has 0 saturated carbocycles. The summed E-state index contributed by atoms with van der Waals surface area (Å²) in [6.45, 7) is 14.8. The smallest absolute Gasteiger partial charge is 0.236 e. The molecule has 0 aromatic rings. The summed E-state index contributed by atoms with van der Waals surface area (Å²) < 4.78 is 0. The van der Waals surface area contributed by atoms with Gasteiger partial charge >= 0.3 is 0 Å². The molecule has 2 heterocycles. The van der Waals surface area contributed by atoms with Gasteiger partial charge in [0.2, 0.25) is 5.91 Å². The number of piperazine rings is 1. The van der Waals surface area contributed by atoms with Crippen LogP contribution in [0.25, 0.3) is 0 Å². The monoisotopic (exact) mass is 283 g/mol. The fourth-order valence-electron chi connectivity index (χ4n) is 3.02. The summed E-state index contributed by atoms with van der Waals surface area (Å²) in [5.41, 5.74) is -1.02. The Balaban J connectivity index is 1.85. The molecule has 2 aliphatic heterocycles. The summed E-state index contributed by atoms with van der Waals surface area (Å²) in [4.78, 5) is 18.9. The third-order valence-electron chi connectivity index (χ3n) is 5.17. The third-order valence-corrected chi connectivity index (χ3v) is 5.17. The topological polar surface area (TPSA) is 47.0 Å². The first-order chi connectivity index (χ1) is 9.25. The molecule has 5 nitrogen and oxygen atoms in total. The molecule has 0 radical (unpaired) electrons. The van der Waals surface area contributed by atoms with Crippen LogP contribution in [-0.2, 0) is 4.79 Å². The van der Waals surface area contributed by atoms with Gasteiger partial charge in [0.15, 0.2) is 0 Å². The highest BCUT2D eigenvalue weighted by Gasteiger charge is 2.49. The molecule has 0 aromatic heterocycles. The zero-order valence-electron chi connectivity index (χ0n) is 13.4. The maximum Gasteiger partial charge on any atom is 0.236 e. The lowest BCUT2D eigenvalue weighted by Crippen LogP contribution is -2.49. The van der Waals surface area contributed by atoms with E-state index in [1.54, 1.807) is 0 Å². The lowest BCUT2D eigenvalue weighted by Gasteiger charge is -2.34. The van der Waals surface area contributed by atoms with E-state index in [1.807, 2.05) is 25.7 Å². The largest absolute Gasteiger partial charge is 0.388 e. The summed E-state index contributed by atoms with van der Waals surface area (Å²) in [5.74, 6) is 0.154. The van der Waals surface area contributed by atoms with Crippen LogP contribution in [0, 0.1) is 5.41 Å². The SMILES string of the molecule is CCN1CCN(CC(=O)N2CC(C)(C)[C@@](C)(O)C2)CC1. The van der Waals surface area contributed by atoms with Gasteiger partial charge in [-0.25, -0.2) is 0 Å². The van der Waals surface area contributed by atoms with Gasteiger partial charge in [0, 0.05) is 44.7 Å². The third kappa shape index (κ3) is 3.15. The van der Waals surface area contributed by atoms with Crippen molar-refractivity contribution in [2.24, 2.45) is 5.41 Å². The van der Waals surface area contributed by atoms with Crippen LogP contribution in [0.3, 0.4) is 0 Å². The first-order valence-electron chi connectivity index (χ1n) is 7.70. The number of likely N-dealkylation sites (tertiary alicyclic amines) is 1.